The van der Waals surface area contributed by atoms with Crippen molar-refractivity contribution >= 4 is 6.01 Å². The molecule has 0 unspecified atom stereocenters. The minimum absolute atomic E-state index is 0.492. The SMILES string of the molecule is CCN1CCN(CCNc2nc(-c3ccccc3)no2)CC1. The fourth-order valence-electron chi connectivity index (χ4n) is 2.65. The molecule has 0 radical (unpaired) electrons. The van der Waals surface area contributed by atoms with Crippen LogP contribution in [0.15, 0.2) is 34.9 Å². The van der Waals surface area contributed by atoms with Crippen LogP contribution in [0.1, 0.15) is 6.92 Å². The molecule has 1 N–H and O–H groups in total. The maximum Gasteiger partial charge on any atom is 0.321 e. The van der Waals surface area contributed by atoms with E-state index in [9.17, 15) is 0 Å². The maximum absolute atomic E-state index is 5.24. The van der Waals surface area contributed by atoms with Crippen LogP contribution in [0.2, 0.25) is 0 Å². The number of benzene rings is 1. The molecule has 0 atom stereocenters. The highest BCUT2D eigenvalue weighted by Crippen LogP contribution is 2.16. The van der Waals surface area contributed by atoms with Crippen molar-refractivity contribution in [2.45, 2.75) is 6.92 Å². The molecule has 2 heterocycles. The van der Waals surface area contributed by atoms with Gasteiger partial charge in [-0.15, -0.1) is 0 Å². The molecular formula is C16H23N5O. The van der Waals surface area contributed by atoms with Crippen molar-refractivity contribution < 1.29 is 4.52 Å². The van der Waals surface area contributed by atoms with E-state index in [2.05, 4.69) is 32.2 Å². The number of rotatable bonds is 6. The summed E-state index contributed by atoms with van der Waals surface area (Å²) in [4.78, 5) is 9.32. The van der Waals surface area contributed by atoms with E-state index in [0.717, 1.165) is 51.4 Å². The lowest BCUT2D eigenvalue weighted by Crippen LogP contribution is -2.47. The van der Waals surface area contributed by atoms with Gasteiger partial charge in [0.15, 0.2) is 0 Å². The molecule has 0 spiro atoms. The van der Waals surface area contributed by atoms with E-state index < -0.39 is 0 Å². The predicted octanol–water partition coefficient (Wildman–Crippen LogP) is 1.79. The van der Waals surface area contributed by atoms with Crippen molar-refractivity contribution in [3.05, 3.63) is 30.3 Å². The van der Waals surface area contributed by atoms with Crippen molar-refractivity contribution in [1.29, 1.82) is 0 Å². The first-order valence-corrected chi connectivity index (χ1v) is 7.93. The molecule has 6 nitrogen and oxygen atoms in total. The molecule has 2 aromatic rings. The second kappa shape index (κ2) is 7.38. The van der Waals surface area contributed by atoms with Crippen LogP contribution in [-0.4, -0.2) is 65.8 Å². The van der Waals surface area contributed by atoms with Gasteiger partial charge in [-0.1, -0.05) is 42.4 Å². The summed E-state index contributed by atoms with van der Waals surface area (Å²) < 4.78 is 5.24. The highest BCUT2D eigenvalue weighted by atomic mass is 16.5. The average molecular weight is 301 g/mol. The van der Waals surface area contributed by atoms with E-state index in [1.165, 1.54) is 0 Å². The molecule has 22 heavy (non-hydrogen) atoms. The summed E-state index contributed by atoms with van der Waals surface area (Å²) in [6.45, 7) is 9.78. The molecule has 1 fully saturated rings. The zero-order valence-electron chi connectivity index (χ0n) is 13.0. The Labute approximate surface area is 131 Å². The first-order valence-electron chi connectivity index (χ1n) is 7.93. The molecular weight excluding hydrogens is 278 g/mol. The second-order valence-electron chi connectivity index (χ2n) is 5.49. The van der Waals surface area contributed by atoms with Crippen molar-refractivity contribution in [3.63, 3.8) is 0 Å². The van der Waals surface area contributed by atoms with E-state index in [4.69, 9.17) is 4.52 Å². The first kappa shape index (κ1) is 15.0. The van der Waals surface area contributed by atoms with Crippen LogP contribution in [0, 0.1) is 0 Å². The summed E-state index contributed by atoms with van der Waals surface area (Å²) in [6, 6.07) is 10.3. The van der Waals surface area contributed by atoms with Crippen LogP contribution >= 0.6 is 0 Å². The largest absolute Gasteiger partial charge is 0.336 e. The fourth-order valence-corrected chi connectivity index (χ4v) is 2.65. The van der Waals surface area contributed by atoms with Gasteiger partial charge in [0.1, 0.15) is 0 Å². The van der Waals surface area contributed by atoms with Crippen molar-refractivity contribution in [2.24, 2.45) is 0 Å². The second-order valence-corrected chi connectivity index (χ2v) is 5.49. The van der Waals surface area contributed by atoms with Gasteiger partial charge in [0.2, 0.25) is 5.82 Å². The number of likely N-dealkylation sites (N-methyl/N-ethyl adjacent to an activating group) is 1. The smallest absolute Gasteiger partial charge is 0.321 e. The summed E-state index contributed by atoms with van der Waals surface area (Å²) in [5.41, 5.74) is 0.968. The molecule has 6 heteroatoms. The van der Waals surface area contributed by atoms with E-state index in [1.807, 2.05) is 30.3 Å². The zero-order chi connectivity index (χ0) is 15.2. The highest BCUT2D eigenvalue weighted by Gasteiger charge is 2.15. The summed E-state index contributed by atoms with van der Waals surface area (Å²) in [5, 5.41) is 7.22. The molecule has 0 amide bonds. The van der Waals surface area contributed by atoms with Gasteiger partial charge in [-0.3, -0.25) is 4.90 Å². The minimum Gasteiger partial charge on any atom is -0.336 e. The van der Waals surface area contributed by atoms with Crippen molar-refractivity contribution in [2.75, 3.05) is 51.1 Å². The van der Waals surface area contributed by atoms with E-state index in [0.29, 0.717) is 11.8 Å². The minimum atomic E-state index is 0.492. The van der Waals surface area contributed by atoms with Crippen LogP contribution in [0.25, 0.3) is 11.4 Å². The molecule has 1 aromatic carbocycles. The van der Waals surface area contributed by atoms with Crippen molar-refractivity contribution in [1.82, 2.24) is 19.9 Å². The predicted molar refractivity (Wildman–Crippen MR) is 86.8 cm³/mol. The van der Waals surface area contributed by atoms with Gasteiger partial charge in [-0.2, -0.15) is 4.98 Å². The number of nitrogens with one attached hydrogen (secondary N) is 1. The molecule has 118 valence electrons. The fraction of sp³-hybridized carbons (Fsp3) is 0.500. The normalized spacial score (nSPS) is 16.8. The van der Waals surface area contributed by atoms with Crippen LogP contribution in [0.3, 0.4) is 0 Å². The number of hydrogen-bond donors (Lipinski definition) is 1. The van der Waals surface area contributed by atoms with E-state index in [-0.39, 0.29) is 0 Å². The number of anilines is 1. The van der Waals surface area contributed by atoms with Gasteiger partial charge in [-0.05, 0) is 6.54 Å². The molecule has 1 aliphatic heterocycles. The van der Waals surface area contributed by atoms with Crippen LogP contribution in [0.5, 0.6) is 0 Å². The molecule has 1 aliphatic rings. The first-order chi connectivity index (χ1) is 10.8. The summed E-state index contributed by atoms with van der Waals surface area (Å²) >= 11 is 0. The zero-order valence-corrected chi connectivity index (χ0v) is 13.0. The van der Waals surface area contributed by atoms with E-state index >= 15 is 0 Å². The lowest BCUT2D eigenvalue weighted by molar-refractivity contribution is 0.141. The Kier molecular flexibility index (Phi) is 5.03. The summed E-state index contributed by atoms with van der Waals surface area (Å²) in [6.07, 6.45) is 0. The number of piperazine rings is 1. The van der Waals surface area contributed by atoms with Crippen LogP contribution in [-0.2, 0) is 0 Å². The maximum atomic E-state index is 5.24. The van der Waals surface area contributed by atoms with Gasteiger partial charge < -0.3 is 14.7 Å². The van der Waals surface area contributed by atoms with Gasteiger partial charge in [0.25, 0.3) is 0 Å². The van der Waals surface area contributed by atoms with Crippen LogP contribution in [0.4, 0.5) is 6.01 Å². The summed E-state index contributed by atoms with van der Waals surface area (Å²) in [7, 11) is 0. The monoisotopic (exact) mass is 301 g/mol. The lowest BCUT2D eigenvalue weighted by Gasteiger charge is -2.33. The van der Waals surface area contributed by atoms with Crippen molar-refractivity contribution in [3.8, 4) is 11.4 Å². The Morgan fingerprint density at radius 3 is 2.55 bits per heavy atom. The molecule has 0 aliphatic carbocycles. The highest BCUT2D eigenvalue weighted by molar-refractivity contribution is 5.54. The standard InChI is InChI=1S/C16H23N5O/c1-2-20-10-12-21(13-11-20)9-8-17-16-18-15(19-22-16)14-6-4-3-5-7-14/h3-7H,2,8-13H2,1H3,(H,17,18,19). The third-order valence-electron chi connectivity index (χ3n) is 4.07. The average Bonchev–Trinajstić information content (AvgIpc) is 3.05. The Hall–Kier alpha value is -1.92. The number of aromatic nitrogens is 2. The number of hydrogen-bond acceptors (Lipinski definition) is 6. The molecule has 3 rings (SSSR count). The third-order valence-corrected chi connectivity index (χ3v) is 4.07. The van der Waals surface area contributed by atoms with Gasteiger partial charge in [0.05, 0.1) is 0 Å². The summed E-state index contributed by atoms with van der Waals surface area (Å²) in [5.74, 6) is 0.625. The van der Waals surface area contributed by atoms with Crippen LogP contribution < -0.4 is 5.32 Å². The topological polar surface area (TPSA) is 57.4 Å². The van der Waals surface area contributed by atoms with Gasteiger partial charge in [-0.25, -0.2) is 0 Å². The van der Waals surface area contributed by atoms with Gasteiger partial charge in [0, 0.05) is 44.8 Å². The Bertz CT molecular complexity index is 563. The Balaban J connectivity index is 1.44. The Morgan fingerprint density at radius 1 is 1.09 bits per heavy atom. The van der Waals surface area contributed by atoms with E-state index in [1.54, 1.807) is 0 Å². The lowest BCUT2D eigenvalue weighted by atomic mass is 10.2. The van der Waals surface area contributed by atoms with Gasteiger partial charge >= 0.3 is 6.01 Å². The molecule has 0 bridgehead atoms. The molecule has 1 saturated heterocycles. The molecule has 0 saturated carbocycles. The third kappa shape index (κ3) is 3.84. The quantitative estimate of drug-likeness (QED) is 0.878. The molecule has 1 aromatic heterocycles. The Morgan fingerprint density at radius 2 is 1.82 bits per heavy atom. The number of nitrogens with zero attached hydrogens (tertiary/aromatic N) is 4.